The molecule has 3 aliphatic rings. The number of carboxylic acid groups (broad SMARTS) is 1. The van der Waals surface area contributed by atoms with Gasteiger partial charge in [-0.25, -0.2) is 0 Å². The van der Waals surface area contributed by atoms with Crippen molar-refractivity contribution in [3.8, 4) is 0 Å². The molecular formula is C51H89N3O15. The monoisotopic (exact) mass is 984 g/mol. The smallest absolute Gasteiger partial charge is 0.311 e. The molecule has 0 aliphatic carbocycles. The molecule has 0 aromatic heterocycles. The minimum atomic E-state index is -1.93. The van der Waals surface area contributed by atoms with Crippen molar-refractivity contribution in [2.75, 3.05) is 40.8 Å². The number of esters is 1. The molecule has 0 saturated carbocycles. The summed E-state index contributed by atoms with van der Waals surface area (Å²) in [7, 11) is 5.26. The molecule has 7 N–H and O–H groups in total. The lowest BCUT2D eigenvalue weighted by atomic mass is 9.77. The van der Waals surface area contributed by atoms with E-state index in [0.29, 0.717) is 19.5 Å². The van der Waals surface area contributed by atoms with Crippen LogP contribution in [0.1, 0.15) is 120 Å². The summed E-state index contributed by atoms with van der Waals surface area (Å²) in [6.07, 6.45) is -6.29. The molecule has 1 aromatic carbocycles. The van der Waals surface area contributed by atoms with Crippen LogP contribution in [0.4, 0.5) is 0 Å². The molecule has 18 nitrogen and oxygen atoms in total. The molecule has 0 bridgehead atoms. The van der Waals surface area contributed by atoms with E-state index in [1.54, 1.807) is 48.5 Å². The topological polar surface area (TPSA) is 246 Å². The van der Waals surface area contributed by atoms with Crippen LogP contribution in [-0.2, 0) is 49.2 Å². The van der Waals surface area contributed by atoms with Gasteiger partial charge in [0.2, 0.25) is 5.91 Å². The van der Waals surface area contributed by atoms with Gasteiger partial charge in [0.25, 0.3) is 6.47 Å². The zero-order valence-corrected chi connectivity index (χ0v) is 43.7. The molecule has 3 fully saturated rings. The summed E-state index contributed by atoms with van der Waals surface area (Å²) in [6, 6.07) is 9.17. The molecule has 18 atom stereocenters. The molecule has 1 amide bonds. The maximum Gasteiger partial charge on any atom is 0.311 e. The number of benzene rings is 1. The van der Waals surface area contributed by atoms with Gasteiger partial charge in [0.15, 0.2) is 12.6 Å². The van der Waals surface area contributed by atoms with Gasteiger partial charge < -0.3 is 69.3 Å². The summed E-state index contributed by atoms with van der Waals surface area (Å²) in [6.45, 7) is 18.3. The fraction of sp³-hybridized carbons (Fsp3) is 0.824. The molecule has 0 radical (unpaired) electrons. The molecule has 398 valence electrons. The number of hydrogen-bond donors (Lipinski definition) is 7. The lowest BCUT2D eigenvalue weighted by molar-refractivity contribution is -0.318. The Hall–Kier alpha value is -2.85. The van der Waals surface area contributed by atoms with Crippen molar-refractivity contribution in [1.29, 1.82) is 0 Å². The van der Waals surface area contributed by atoms with Crippen LogP contribution in [0, 0.1) is 17.8 Å². The highest BCUT2D eigenvalue weighted by Gasteiger charge is 2.53. The van der Waals surface area contributed by atoms with Crippen molar-refractivity contribution < 1.29 is 73.4 Å². The Bertz CT molecular complexity index is 1690. The first-order chi connectivity index (χ1) is 32.3. The average molecular weight is 984 g/mol. The van der Waals surface area contributed by atoms with Crippen LogP contribution in [0.15, 0.2) is 30.3 Å². The van der Waals surface area contributed by atoms with Crippen LogP contribution >= 0.6 is 0 Å². The normalized spacial score (nSPS) is 39.8. The molecule has 0 spiro atoms. The van der Waals surface area contributed by atoms with E-state index in [1.807, 2.05) is 55.9 Å². The molecule has 4 rings (SSSR count). The number of carbonyl (C=O) groups excluding carboxylic acids is 2. The highest BCUT2D eigenvalue weighted by molar-refractivity contribution is 5.76. The van der Waals surface area contributed by atoms with Gasteiger partial charge in [-0.3, -0.25) is 19.3 Å². The van der Waals surface area contributed by atoms with Crippen molar-refractivity contribution >= 4 is 18.3 Å². The van der Waals surface area contributed by atoms with Crippen molar-refractivity contribution in [2.24, 2.45) is 17.8 Å². The predicted molar refractivity (Wildman–Crippen MR) is 259 cm³/mol. The molecule has 3 saturated heterocycles. The molecule has 3 aliphatic heterocycles. The summed E-state index contributed by atoms with van der Waals surface area (Å²) in [5.41, 5.74) is -3.41. The van der Waals surface area contributed by atoms with Gasteiger partial charge >= 0.3 is 5.97 Å². The standard InChI is InChI=1S/C50H87N3O13.CH2O2/c1-14-38-50(10,60)43(56)34(6)53(25-23-39(54)51-24-19-18-22-36-20-16-15-17-21-36)29-30(2)27-48(8,59)45(66-47-41(55)37(52(11)12)26-31(3)62-47)32(4)42(33(5)46(58)64-38)65-40-28-49(9,61-13)44(57)35(7)63-40;2-1-3/h15-17,20-21,30-35,37-38,40-45,47,55-57,59-60H,14,18-19,22-29H2,1-13H3,(H,51,54);1H,(H,2,3)/t30-,31-,32+,33-,34-,35+,37+,38-,40+,41-,42+,43-,44+,45-,47+,48-,49-,50-;/m1./s1. The predicted octanol–water partition coefficient (Wildman–Crippen LogP) is 3.50. The van der Waals surface area contributed by atoms with Crippen LogP contribution in [0.5, 0.6) is 0 Å². The number of carbonyl (C=O) groups is 3. The SMILES string of the molecule is CC[C@H]1OC(=O)[C@H](C)[C@@H](O[C@H]2C[C@@](C)(OC)[C@@H](O)[C@H](C)O2)[C@H](C)[C@@H](O[C@@H]2O[C@H](C)C[C@H](N(C)C)[C@H]2O)[C@](C)(O)C[C@@H](C)CN(CCC(=O)NCCCCc2ccccc2)[C@H](C)[C@@H](O)[C@]1(C)O.O=CO. The minimum absolute atomic E-state index is 0.101. The zero-order chi connectivity index (χ0) is 52.0. The van der Waals surface area contributed by atoms with Gasteiger partial charge in [-0.15, -0.1) is 0 Å². The van der Waals surface area contributed by atoms with E-state index < -0.39 is 96.0 Å². The van der Waals surface area contributed by atoms with Crippen molar-refractivity contribution in [3.63, 3.8) is 0 Å². The largest absolute Gasteiger partial charge is 0.483 e. The maximum atomic E-state index is 14.5. The first-order valence-electron chi connectivity index (χ1n) is 24.9. The molecule has 69 heavy (non-hydrogen) atoms. The van der Waals surface area contributed by atoms with Gasteiger partial charge in [-0.1, -0.05) is 51.1 Å². The van der Waals surface area contributed by atoms with Gasteiger partial charge in [-0.05, 0) is 113 Å². The summed E-state index contributed by atoms with van der Waals surface area (Å²) in [5, 5.41) is 69.8. The molecule has 0 unspecified atom stereocenters. The first-order valence-corrected chi connectivity index (χ1v) is 24.9. The second-order valence-electron chi connectivity index (χ2n) is 20.9. The number of ether oxygens (including phenoxy) is 6. The third-order valence-corrected chi connectivity index (χ3v) is 14.7. The fourth-order valence-electron chi connectivity index (χ4n) is 10.6. The van der Waals surface area contributed by atoms with Crippen LogP contribution in [0.25, 0.3) is 0 Å². The number of aliphatic hydroxyl groups excluding tert-OH is 3. The van der Waals surface area contributed by atoms with E-state index in [9.17, 15) is 35.1 Å². The van der Waals surface area contributed by atoms with E-state index in [-0.39, 0.29) is 62.7 Å². The zero-order valence-electron chi connectivity index (χ0n) is 43.7. The summed E-state index contributed by atoms with van der Waals surface area (Å²) < 4.78 is 38.0. The van der Waals surface area contributed by atoms with E-state index in [4.69, 9.17) is 38.3 Å². The third-order valence-electron chi connectivity index (χ3n) is 14.7. The van der Waals surface area contributed by atoms with E-state index >= 15 is 0 Å². The second-order valence-corrected chi connectivity index (χ2v) is 20.9. The number of nitrogens with one attached hydrogen (secondary N) is 1. The van der Waals surface area contributed by atoms with Gasteiger partial charge in [0, 0.05) is 57.6 Å². The fourth-order valence-corrected chi connectivity index (χ4v) is 10.6. The van der Waals surface area contributed by atoms with Gasteiger partial charge in [-0.2, -0.15) is 0 Å². The Kier molecular flexibility index (Phi) is 23.9. The van der Waals surface area contributed by atoms with Crippen LogP contribution in [-0.4, -0.2) is 190 Å². The number of rotatable bonds is 15. The number of unbranched alkanes of at least 4 members (excludes halogenated alkanes) is 1. The van der Waals surface area contributed by atoms with E-state index in [1.165, 1.54) is 19.6 Å². The molecule has 18 heteroatoms. The number of amides is 1. The number of aryl methyl sites for hydroxylation is 1. The van der Waals surface area contributed by atoms with Crippen molar-refractivity contribution in [1.82, 2.24) is 15.1 Å². The lowest BCUT2D eigenvalue weighted by Gasteiger charge is -2.48. The number of likely N-dealkylation sites (N-methyl/N-ethyl adjacent to an activating group) is 1. The number of nitrogens with zero attached hydrogens (tertiary/aromatic N) is 2. The highest BCUT2D eigenvalue weighted by atomic mass is 16.7. The van der Waals surface area contributed by atoms with Crippen LogP contribution in [0.2, 0.25) is 0 Å². The lowest BCUT2D eigenvalue weighted by Crippen LogP contribution is -2.60. The summed E-state index contributed by atoms with van der Waals surface area (Å²) in [5.74, 6) is -3.05. The maximum absolute atomic E-state index is 14.5. The number of methoxy groups -OCH3 is 1. The average Bonchev–Trinajstić information content (AvgIpc) is 3.29. The summed E-state index contributed by atoms with van der Waals surface area (Å²) in [4.78, 5) is 40.0. The van der Waals surface area contributed by atoms with Crippen molar-refractivity contribution in [2.45, 2.75) is 211 Å². The Labute approximate surface area is 411 Å². The molecule has 1 aromatic rings. The minimum Gasteiger partial charge on any atom is -0.483 e. The molecular weight excluding hydrogens is 895 g/mol. The Morgan fingerprint density at radius 1 is 0.957 bits per heavy atom. The van der Waals surface area contributed by atoms with Crippen molar-refractivity contribution in [3.05, 3.63) is 35.9 Å². The van der Waals surface area contributed by atoms with Crippen LogP contribution in [0.3, 0.4) is 0 Å². The number of hydrogen-bond acceptors (Lipinski definition) is 16. The second kappa shape index (κ2) is 27.3. The van der Waals surface area contributed by atoms with Gasteiger partial charge in [0.05, 0.1) is 41.5 Å². The quantitative estimate of drug-likeness (QED) is 0.0755. The first kappa shape index (κ1) is 60.5. The van der Waals surface area contributed by atoms with E-state index in [0.717, 1.165) is 19.3 Å². The Morgan fingerprint density at radius 3 is 2.19 bits per heavy atom. The molecule has 3 heterocycles. The number of cyclic esters (lactones) is 1. The Morgan fingerprint density at radius 2 is 1.59 bits per heavy atom. The number of aliphatic hydroxyl groups is 5. The van der Waals surface area contributed by atoms with Crippen LogP contribution < -0.4 is 5.32 Å². The summed E-state index contributed by atoms with van der Waals surface area (Å²) >= 11 is 0. The van der Waals surface area contributed by atoms with E-state index in [2.05, 4.69) is 17.4 Å². The van der Waals surface area contributed by atoms with Gasteiger partial charge in [0.1, 0.15) is 30.0 Å². The third kappa shape index (κ3) is 16.6. The Balaban J connectivity index is 0.00000409. The highest BCUT2D eigenvalue weighted by Crippen LogP contribution is 2.40.